The molecular weight excluding hydrogens is 246 g/mol. The minimum atomic E-state index is 0.717. The number of hydrogen-bond acceptors (Lipinski definition) is 2. The number of anilines is 1. The van der Waals surface area contributed by atoms with Crippen LogP contribution < -0.4 is 5.73 Å². The first-order valence-electron chi connectivity index (χ1n) is 6.13. The van der Waals surface area contributed by atoms with E-state index in [4.69, 9.17) is 17.3 Å². The minimum Gasteiger partial charge on any atom is -0.383 e. The molecule has 0 radical (unpaired) electrons. The molecule has 0 saturated carbocycles. The van der Waals surface area contributed by atoms with E-state index in [2.05, 4.69) is 11.9 Å². The number of aromatic nitrogens is 2. The standard InChI is InChI=1S/C14H18ClN3/c1-4-7-18-10(3)17-13(14(18)16)11-6-5-9(2)12(15)8-11/h5-6,8H,4,7,16H2,1-3H3. The van der Waals surface area contributed by atoms with Gasteiger partial charge in [-0.15, -0.1) is 0 Å². The Labute approximate surface area is 113 Å². The van der Waals surface area contributed by atoms with Crippen molar-refractivity contribution < 1.29 is 0 Å². The van der Waals surface area contributed by atoms with Crippen LogP contribution in [0.2, 0.25) is 5.02 Å². The fourth-order valence-corrected chi connectivity index (χ4v) is 2.22. The first-order valence-corrected chi connectivity index (χ1v) is 6.51. The number of nitrogens with two attached hydrogens (primary N) is 1. The number of benzene rings is 1. The van der Waals surface area contributed by atoms with Gasteiger partial charge in [-0.05, 0) is 31.9 Å². The Bertz CT molecular complexity index is 573. The van der Waals surface area contributed by atoms with Crippen LogP contribution in [-0.2, 0) is 6.54 Å². The summed E-state index contributed by atoms with van der Waals surface area (Å²) in [4.78, 5) is 4.55. The number of rotatable bonds is 3. The Kier molecular flexibility index (Phi) is 3.62. The summed E-state index contributed by atoms with van der Waals surface area (Å²) in [6.07, 6.45) is 1.04. The Morgan fingerprint density at radius 1 is 1.33 bits per heavy atom. The van der Waals surface area contributed by atoms with Gasteiger partial charge in [-0.1, -0.05) is 30.7 Å². The molecule has 0 aliphatic rings. The van der Waals surface area contributed by atoms with Crippen molar-refractivity contribution >= 4 is 17.4 Å². The molecule has 96 valence electrons. The van der Waals surface area contributed by atoms with Gasteiger partial charge in [0.05, 0.1) is 0 Å². The molecule has 18 heavy (non-hydrogen) atoms. The molecule has 0 unspecified atom stereocenters. The van der Waals surface area contributed by atoms with Gasteiger partial charge in [0.2, 0.25) is 0 Å². The molecule has 1 aromatic carbocycles. The summed E-state index contributed by atoms with van der Waals surface area (Å²) in [6.45, 7) is 6.98. The lowest BCUT2D eigenvalue weighted by Gasteiger charge is -2.06. The minimum absolute atomic E-state index is 0.717. The van der Waals surface area contributed by atoms with Crippen molar-refractivity contribution in [2.75, 3.05) is 5.73 Å². The van der Waals surface area contributed by atoms with Crippen molar-refractivity contribution in [1.82, 2.24) is 9.55 Å². The van der Waals surface area contributed by atoms with Crippen LogP contribution in [0.4, 0.5) is 5.82 Å². The molecular formula is C14H18ClN3. The third kappa shape index (κ3) is 2.23. The largest absolute Gasteiger partial charge is 0.383 e. The Hall–Kier alpha value is -1.48. The van der Waals surface area contributed by atoms with E-state index in [0.29, 0.717) is 5.82 Å². The number of aryl methyl sites for hydroxylation is 2. The second kappa shape index (κ2) is 5.02. The molecule has 0 spiro atoms. The summed E-state index contributed by atoms with van der Waals surface area (Å²) in [7, 11) is 0. The van der Waals surface area contributed by atoms with Crippen LogP contribution in [0.3, 0.4) is 0 Å². The summed E-state index contributed by atoms with van der Waals surface area (Å²) in [6, 6.07) is 5.92. The Morgan fingerprint density at radius 3 is 2.67 bits per heavy atom. The zero-order valence-corrected chi connectivity index (χ0v) is 11.8. The third-order valence-corrected chi connectivity index (χ3v) is 3.50. The topological polar surface area (TPSA) is 43.8 Å². The van der Waals surface area contributed by atoms with Crippen molar-refractivity contribution in [1.29, 1.82) is 0 Å². The van der Waals surface area contributed by atoms with Crippen LogP contribution in [0.1, 0.15) is 24.7 Å². The molecule has 0 aliphatic carbocycles. The molecule has 3 nitrogen and oxygen atoms in total. The molecule has 2 rings (SSSR count). The fourth-order valence-electron chi connectivity index (χ4n) is 2.04. The molecule has 0 bridgehead atoms. The van der Waals surface area contributed by atoms with Crippen molar-refractivity contribution in [2.45, 2.75) is 33.7 Å². The first kappa shape index (κ1) is 13.0. The van der Waals surface area contributed by atoms with Crippen LogP contribution in [-0.4, -0.2) is 9.55 Å². The van der Waals surface area contributed by atoms with Crippen molar-refractivity contribution in [3.8, 4) is 11.3 Å². The average Bonchev–Trinajstić information content (AvgIpc) is 2.61. The van der Waals surface area contributed by atoms with E-state index >= 15 is 0 Å². The van der Waals surface area contributed by atoms with Gasteiger partial charge >= 0.3 is 0 Å². The highest BCUT2D eigenvalue weighted by molar-refractivity contribution is 6.31. The summed E-state index contributed by atoms with van der Waals surface area (Å²) >= 11 is 6.15. The Morgan fingerprint density at radius 2 is 2.06 bits per heavy atom. The predicted octanol–water partition coefficient (Wildman–Crippen LogP) is 3.81. The maximum absolute atomic E-state index is 6.17. The summed E-state index contributed by atoms with van der Waals surface area (Å²) in [5, 5.41) is 0.745. The lowest BCUT2D eigenvalue weighted by Crippen LogP contribution is -2.04. The normalized spacial score (nSPS) is 10.9. The predicted molar refractivity (Wildman–Crippen MR) is 76.9 cm³/mol. The van der Waals surface area contributed by atoms with E-state index in [1.807, 2.05) is 36.6 Å². The number of nitrogen functional groups attached to an aromatic ring is 1. The van der Waals surface area contributed by atoms with Gasteiger partial charge in [0, 0.05) is 17.1 Å². The summed E-state index contributed by atoms with van der Waals surface area (Å²) in [5.41, 5.74) is 9.02. The van der Waals surface area contributed by atoms with Gasteiger partial charge in [-0.2, -0.15) is 0 Å². The van der Waals surface area contributed by atoms with Crippen molar-refractivity contribution in [3.05, 3.63) is 34.6 Å². The quantitative estimate of drug-likeness (QED) is 0.915. The Balaban J connectivity index is 2.50. The van der Waals surface area contributed by atoms with Gasteiger partial charge in [-0.25, -0.2) is 4.98 Å². The van der Waals surface area contributed by atoms with E-state index in [0.717, 1.165) is 40.6 Å². The van der Waals surface area contributed by atoms with E-state index in [1.165, 1.54) is 0 Å². The molecule has 4 heteroatoms. The molecule has 1 aromatic heterocycles. The smallest absolute Gasteiger partial charge is 0.131 e. The molecule has 0 atom stereocenters. The number of hydrogen-bond donors (Lipinski definition) is 1. The average molecular weight is 264 g/mol. The van der Waals surface area contributed by atoms with E-state index in [9.17, 15) is 0 Å². The fraction of sp³-hybridized carbons (Fsp3) is 0.357. The molecule has 0 aliphatic heterocycles. The second-order valence-corrected chi connectivity index (χ2v) is 4.92. The highest BCUT2D eigenvalue weighted by Crippen LogP contribution is 2.29. The first-order chi connectivity index (χ1) is 8.54. The second-order valence-electron chi connectivity index (χ2n) is 4.51. The lowest BCUT2D eigenvalue weighted by atomic mass is 10.1. The highest BCUT2D eigenvalue weighted by atomic mass is 35.5. The summed E-state index contributed by atoms with van der Waals surface area (Å²) in [5.74, 6) is 1.66. The lowest BCUT2D eigenvalue weighted by molar-refractivity contribution is 0.665. The molecule has 2 aromatic rings. The maximum atomic E-state index is 6.17. The zero-order chi connectivity index (χ0) is 13.3. The van der Waals surface area contributed by atoms with E-state index in [1.54, 1.807) is 0 Å². The molecule has 2 N–H and O–H groups in total. The molecule has 0 fully saturated rings. The molecule has 1 heterocycles. The molecule has 0 amide bonds. The highest BCUT2D eigenvalue weighted by Gasteiger charge is 2.13. The maximum Gasteiger partial charge on any atom is 0.131 e. The van der Waals surface area contributed by atoms with E-state index in [-0.39, 0.29) is 0 Å². The van der Waals surface area contributed by atoms with Crippen LogP contribution in [0.15, 0.2) is 18.2 Å². The SMILES string of the molecule is CCCn1c(C)nc(-c2ccc(C)c(Cl)c2)c1N. The van der Waals surface area contributed by atoms with E-state index < -0.39 is 0 Å². The van der Waals surface area contributed by atoms with Gasteiger partial charge in [0.1, 0.15) is 17.3 Å². The van der Waals surface area contributed by atoms with Crippen LogP contribution in [0.25, 0.3) is 11.3 Å². The monoisotopic (exact) mass is 263 g/mol. The van der Waals surface area contributed by atoms with Crippen molar-refractivity contribution in [3.63, 3.8) is 0 Å². The molecule has 0 saturated heterocycles. The number of imidazole rings is 1. The van der Waals surface area contributed by atoms with Crippen LogP contribution in [0.5, 0.6) is 0 Å². The third-order valence-electron chi connectivity index (χ3n) is 3.09. The summed E-state index contributed by atoms with van der Waals surface area (Å²) < 4.78 is 2.04. The number of nitrogens with zero attached hydrogens (tertiary/aromatic N) is 2. The zero-order valence-electron chi connectivity index (χ0n) is 11.0. The van der Waals surface area contributed by atoms with Gasteiger partial charge in [0.15, 0.2) is 0 Å². The van der Waals surface area contributed by atoms with Crippen LogP contribution in [0, 0.1) is 13.8 Å². The van der Waals surface area contributed by atoms with Crippen molar-refractivity contribution in [2.24, 2.45) is 0 Å². The van der Waals surface area contributed by atoms with Gasteiger partial charge < -0.3 is 10.3 Å². The number of halogens is 1. The van der Waals surface area contributed by atoms with Gasteiger partial charge in [-0.3, -0.25) is 0 Å². The van der Waals surface area contributed by atoms with Crippen LogP contribution >= 0.6 is 11.6 Å². The van der Waals surface area contributed by atoms with Gasteiger partial charge in [0.25, 0.3) is 0 Å².